The normalized spacial score (nSPS) is 22.3. The number of ether oxygens (including phenoxy) is 2. The molecular formula is C20H31N3O7. The monoisotopic (exact) mass is 425 g/mol. The first-order chi connectivity index (χ1) is 14.3. The number of hydrogen-bond donors (Lipinski definition) is 3. The average molecular weight is 425 g/mol. The number of β-amino-alcohol motifs (C(OH)–C–C–N with tert-alkyl or cyclic N) is 1. The van der Waals surface area contributed by atoms with Crippen LogP contribution in [-0.4, -0.2) is 77.9 Å². The van der Waals surface area contributed by atoms with Crippen molar-refractivity contribution in [1.29, 1.82) is 0 Å². The van der Waals surface area contributed by atoms with E-state index in [2.05, 4.69) is 17.2 Å². The lowest BCUT2D eigenvalue weighted by Crippen LogP contribution is -2.52. The second kappa shape index (κ2) is 11.5. The molecule has 0 aromatic heterocycles. The van der Waals surface area contributed by atoms with Crippen molar-refractivity contribution < 1.29 is 33.8 Å². The molecule has 3 amide bonds. The first kappa shape index (κ1) is 23.7. The summed E-state index contributed by atoms with van der Waals surface area (Å²) >= 11 is 0. The maximum absolute atomic E-state index is 12.7. The Balaban J connectivity index is 1.91. The number of alkyl carbamates (subject to hydrolysis) is 1. The number of nitrogens with zero attached hydrogens (tertiary/aromatic N) is 1. The number of carbonyl (C=O) groups is 4. The number of aliphatic hydroxyl groups is 1. The average Bonchev–Trinajstić information content (AvgIpc) is 3.35. The summed E-state index contributed by atoms with van der Waals surface area (Å²) in [4.78, 5) is 50.3. The minimum absolute atomic E-state index is 0.0354. The van der Waals surface area contributed by atoms with Gasteiger partial charge in [-0.2, -0.15) is 0 Å². The van der Waals surface area contributed by atoms with E-state index in [4.69, 9.17) is 9.47 Å². The summed E-state index contributed by atoms with van der Waals surface area (Å²) < 4.78 is 10.2. The molecule has 2 aliphatic rings. The van der Waals surface area contributed by atoms with Crippen molar-refractivity contribution in [3.05, 3.63) is 12.7 Å². The lowest BCUT2D eigenvalue weighted by Gasteiger charge is -2.25. The first-order valence-corrected chi connectivity index (χ1v) is 10.4. The predicted molar refractivity (Wildman–Crippen MR) is 106 cm³/mol. The summed E-state index contributed by atoms with van der Waals surface area (Å²) in [5, 5.41) is 14.9. The zero-order valence-corrected chi connectivity index (χ0v) is 17.3. The SMILES string of the molecule is C=CCC(NC(=O)C1CC(O)CN1C(=O)CNC(=O)OC1CCCC1)C(=O)OCC. The second-order valence-electron chi connectivity index (χ2n) is 7.45. The second-order valence-corrected chi connectivity index (χ2v) is 7.45. The predicted octanol–water partition coefficient (Wildman–Crippen LogP) is 0.241. The van der Waals surface area contributed by atoms with Crippen LogP contribution in [0.4, 0.5) is 4.79 Å². The van der Waals surface area contributed by atoms with Gasteiger partial charge in [-0.25, -0.2) is 9.59 Å². The fourth-order valence-electron chi connectivity index (χ4n) is 3.68. The summed E-state index contributed by atoms with van der Waals surface area (Å²) in [5.74, 6) is -1.70. The molecule has 30 heavy (non-hydrogen) atoms. The smallest absolute Gasteiger partial charge is 0.407 e. The van der Waals surface area contributed by atoms with E-state index in [1.165, 1.54) is 11.0 Å². The van der Waals surface area contributed by atoms with Crippen LogP contribution in [0.1, 0.15) is 45.4 Å². The molecule has 2 fully saturated rings. The van der Waals surface area contributed by atoms with Crippen LogP contribution in [0.2, 0.25) is 0 Å². The van der Waals surface area contributed by atoms with E-state index in [9.17, 15) is 24.3 Å². The molecule has 0 radical (unpaired) electrons. The van der Waals surface area contributed by atoms with Crippen LogP contribution in [0, 0.1) is 0 Å². The van der Waals surface area contributed by atoms with Crippen molar-refractivity contribution in [2.45, 2.75) is 69.7 Å². The Bertz CT molecular complexity index is 648. The maximum Gasteiger partial charge on any atom is 0.407 e. The molecule has 0 aromatic carbocycles. The highest BCUT2D eigenvalue weighted by Gasteiger charge is 2.40. The quantitative estimate of drug-likeness (QED) is 0.356. The van der Waals surface area contributed by atoms with Gasteiger partial charge in [-0.15, -0.1) is 6.58 Å². The highest BCUT2D eigenvalue weighted by molar-refractivity contribution is 5.92. The number of rotatable bonds is 9. The largest absolute Gasteiger partial charge is 0.464 e. The third-order valence-corrected chi connectivity index (χ3v) is 5.15. The van der Waals surface area contributed by atoms with Gasteiger partial charge in [0.15, 0.2) is 0 Å². The highest BCUT2D eigenvalue weighted by atomic mass is 16.6. The number of hydrogen-bond acceptors (Lipinski definition) is 7. The number of nitrogens with one attached hydrogen (secondary N) is 2. The molecule has 1 saturated heterocycles. The molecule has 3 unspecified atom stereocenters. The zero-order chi connectivity index (χ0) is 22.1. The molecule has 3 N–H and O–H groups in total. The van der Waals surface area contributed by atoms with Crippen molar-refractivity contribution in [3.8, 4) is 0 Å². The fraction of sp³-hybridized carbons (Fsp3) is 0.700. The molecule has 1 aliphatic carbocycles. The molecule has 1 saturated carbocycles. The molecule has 0 bridgehead atoms. The molecule has 10 nitrogen and oxygen atoms in total. The van der Waals surface area contributed by atoms with Crippen molar-refractivity contribution in [3.63, 3.8) is 0 Å². The summed E-state index contributed by atoms with van der Waals surface area (Å²) in [6.07, 6.45) is 3.65. The highest BCUT2D eigenvalue weighted by Crippen LogP contribution is 2.21. The molecule has 2 rings (SSSR count). The van der Waals surface area contributed by atoms with Gasteiger partial charge < -0.3 is 30.1 Å². The summed E-state index contributed by atoms with van der Waals surface area (Å²) in [6, 6.07) is -1.88. The van der Waals surface area contributed by atoms with Gasteiger partial charge in [0.25, 0.3) is 0 Å². The molecule has 10 heteroatoms. The Morgan fingerprint density at radius 2 is 1.97 bits per heavy atom. The van der Waals surface area contributed by atoms with E-state index in [0.717, 1.165) is 25.7 Å². The van der Waals surface area contributed by atoms with E-state index in [1.54, 1.807) is 6.92 Å². The molecule has 0 spiro atoms. The molecule has 1 heterocycles. The minimum Gasteiger partial charge on any atom is -0.464 e. The van der Waals surface area contributed by atoms with Crippen LogP contribution in [0.5, 0.6) is 0 Å². The van der Waals surface area contributed by atoms with Crippen LogP contribution in [-0.2, 0) is 23.9 Å². The Morgan fingerprint density at radius 1 is 1.27 bits per heavy atom. The van der Waals surface area contributed by atoms with Gasteiger partial charge in [0.2, 0.25) is 11.8 Å². The topological polar surface area (TPSA) is 134 Å². The van der Waals surface area contributed by atoms with E-state index in [-0.39, 0.29) is 38.6 Å². The summed E-state index contributed by atoms with van der Waals surface area (Å²) in [5.41, 5.74) is 0. The zero-order valence-electron chi connectivity index (χ0n) is 17.3. The van der Waals surface area contributed by atoms with Gasteiger partial charge >= 0.3 is 12.1 Å². The van der Waals surface area contributed by atoms with E-state index < -0.39 is 42.1 Å². The van der Waals surface area contributed by atoms with Crippen LogP contribution in [0.3, 0.4) is 0 Å². The van der Waals surface area contributed by atoms with Crippen LogP contribution >= 0.6 is 0 Å². The fourth-order valence-corrected chi connectivity index (χ4v) is 3.68. The molecule has 0 aromatic rings. The van der Waals surface area contributed by atoms with Crippen LogP contribution < -0.4 is 10.6 Å². The lowest BCUT2D eigenvalue weighted by atomic mass is 10.1. The van der Waals surface area contributed by atoms with Gasteiger partial charge in [0.1, 0.15) is 24.7 Å². The lowest BCUT2D eigenvalue weighted by molar-refractivity contribution is -0.148. The Hall–Kier alpha value is -2.62. The summed E-state index contributed by atoms with van der Waals surface area (Å²) in [6.45, 7) is 4.99. The van der Waals surface area contributed by atoms with Gasteiger partial charge in [0.05, 0.1) is 12.7 Å². The molecular weight excluding hydrogens is 394 g/mol. The first-order valence-electron chi connectivity index (χ1n) is 10.4. The molecule has 3 atom stereocenters. The number of esters is 1. The molecule has 168 valence electrons. The Kier molecular flexibility index (Phi) is 9.10. The van der Waals surface area contributed by atoms with Crippen molar-refractivity contribution in [2.24, 2.45) is 0 Å². The summed E-state index contributed by atoms with van der Waals surface area (Å²) in [7, 11) is 0. The van der Waals surface area contributed by atoms with Crippen LogP contribution in [0.25, 0.3) is 0 Å². The van der Waals surface area contributed by atoms with Gasteiger partial charge in [-0.3, -0.25) is 9.59 Å². The number of carbonyl (C=O) groups excluding carboxylic acids is 4. The van der Waals surface area contributed by atoms with E-state index >= 15 is 0 Å². The number of amides is 3. The third kappa shape index (κ3) is 6.72. The minimum atomic E-state index is -0.957. The van der Waals surface area contributed by atoms with Crippen molar-refractivity contribution >= 4 is 23.9 Å². The van der Waals surface area contributed by atoms with Crippen molar-refractivity contribution in [2.75, 3.05) is 19.7 Å². The maximum atomic E-state index is 12.7. The Labute approximate surface area is 175 Å². The third-order valence-electron chi connectivity index (χ3n) is 5.15. The van der Waals surface area contributed by atoms with Gasteiger partial charge in [-0.05, 0) is 39.0 Å². The Morgan fingerprint density at radius 3 is 2.60 bits per heavy atom. The van der Waals surface area contributed by atoms with Crippen LogP contribution in [0.15, 0.2) is 12.7 Å². The number of aliphatic hydroxyl groups excluding tert-OH is 1. The van der Waals surface area contributed by atoms with E-state index in [0.29, 0.717) is 0 Å². The number of likely N-dealkylation sites (tertiary alicyclic amines) is 1. The standard InChI is InChI=1S/C20H31N3O7/c1-3-7-15(19(27)29-4-2)22-18(26)16-10-13(24)12-23(16)17(25)11-21-20(28)30-14-8-5-6-9-14/h3,13-16,24H,1,4-12H2,2H3,(H,21,28)(H,22,26). The van der Waals surface area contributed by atoms with Gasteiger partial charge in [-0.1, -0.05) is 6.08 Å². The van der Waals surface area contributed by atoms with E-state index in [1.807, 2.05) is 0 Å². The molecule has 1 aliphatic heterocycles. The van der Waals surface area contributed by atoms with Gasteiger partial charge in [0, 0.05) is 13.0 Å². The van der Waals surface area contributed by atoms with Crippen molar-refractivity contribution in [1.82, 2.24) is 15.5 Å².